The van der Waals surface area contributed by atoms with Crippen molar-refractivity contribution in [3.05, 3.63) is 149 Å². The largest absolute Gasteiger partial charge is 0.454 e. The molecule has 41 heavy (non-hydrogen) atoms. The maximum atomic E-state index is 6.74. The number of benzene rings is 3. The van der Waals surface area contributed by atoms with E-state index in [0.717, 1.165) is 70.0 Å². The van der Waals surface area contributed by atoms with Crippen molar-refractivity contribution < 1.29 is 4.74 Å². The van der Waals surface area contributed by atoms with E-state index in [9.17, 15) is 0 Å². The van der Waals surface area contributed by atoms with Crippen LogP contribution in [-0.4, -0.2) is 11.1 Å². The Labute approximate surface area is 243 Å². The second kappa shape index (κ2) is 9.69. The Hall–Kier alpha value is -4.80. The summed E-state index contributed by atoms with van der Waals surface area (Å²) in [5, 5.41) is 8.19. The summed E-state index contributed by atoms with van der Waals surface area (Å²) in [5.41, 5.74) is 10.2. The average molecular weight is 549 g/mol. The highest BCUT2D eigenvalue weighted by atomic mass is 32.1. The van der Waals surface area contributed by atoms with Crippen LogP contribution in [0.3, 0.4) is 0 Å². The van der Waals surface area contributed by atoms with E-state index in [1.807, 2.05) is 0 Å². The molecular weight excluding hydrogens is 520 g/mol. The number of nitrogens with one attached hydrogen (secondary N) is 1. The molecule has 2 aromatic heterocycles. The van der Waals surface area contributed by atoms with Crippen LogP contribution in [-0.2, 0) is 0 Å². The first-order chi connectivity index (χ1) is 20.2. The highest BCUT2D eigenvalue weighted by molar-refractivity contribution is 7.17. The third-order valence-electron chi connectivity index (χ3n) is 8.16. The summed E-state index contributed by atoms with van der Waals surface area (Å²) >= 11 is 1.80. The number of allylic oxidation sites excluding steroid dienone is 7. The monoisotopic (exact) mass is 548 g/mol. The molecule has 198 valence electrons. The van der Waals surface area contributed by atoms with Gasteiger partial charge in [0.1, 0.15) is 5.76 Å². The standard InChI is InChI=1S/C37H28N2OS/c1-24-14-17-33-36(40-35-13-6-5-11-29(24)35)31-16-15-27(23-34(31)39(33)28-9-3-2-4-10-28)32-22-26(18-20-38-32)30-12-7-8-25-19-21-41-37(25)30/h2-4,6-10,12-19,21-23,38H,1,5,11,20H2/b17-14-. The van der Waals surface area contributed by atoms with Crippen LogP contribution < -0.4 is 10.1 Å². The summed E-state index contributed by atoms with van der Waals surface area (Å²) in [7, 11) is 0. The van der Waals surface area contributed by atoms with Gasteiger partial charge in [0, 0.05) is 33.6 Å². The number of nitrogens with zero attached hydrogens (tertiary/aromatic N) is 1. The topological polar surface area (TPSA) is 26.2 Å². The third kappa shape index (κ3) is 4.02. The molecule has 0 fully saturated rings. The number of para-hydroxylation sites is 1. The predicted molar refractivity (Wildman–Crippen MR) is 173 cm³/mol. The van der Waals surface area contributed by atoms with Gasteiger partial charge >= 0.3 is 0 Å². The fourth-order valence-electron chi connectivity index (χ4n) is 6.13. The Morgan fingerprint density at radius 3 is 2.78 bits per heavy atom. The zero-order valence-corrected chi connectivity index (χ0v) is 23.4. The van der Waals surface area contributed by atoms with Crippen LogP contribution in [0.25, 0.3) is 44.0 Å². The van der Waals surface area contributed by atoms with Crippen LogP contribution in [0.4, 0.5) is 0 Å². The molecule has 2 aliphatic heterocycles. The Balaban J connectivity index is 1.31. The summed E-state index contributed by atoms with van der Waals surface area (Å²) in [6, 6.07) is 26.0. The minimum Gasteiger partial charge on any atom is -0.454 e. The first-order valence-electron chi connectivity index (χ1n) is 14.1. The van der Waals surface area contributed by atoms with Gasteiger partial charge in [0.05, 0.1) is 11.2 Å². The molecule has 0 atom stereocenters. The van der Waals surface area contributed by atoms with Crippen molar-refractivity contribution in [1.82, 2.24) is 9.88 Å². The van der Waals surface area contributed by atoms with Gasteiger partial charge in [-0.1, -0.05) is 67.3 Å². The van der Waals surface area contributed by atoms with Crippen molar-refractivity contribution in [1.29, 1.82) is 0 Å². The molecule has 1 N–H and O–H groups in total. The SMILES string of the molecule is C=C1/C=C\c2c(c3ccc(C4=CC(c5cccc6ccsc56)=CCN4)cc3n2-c2ccccc2)OC2=C1CCC=C2. The molecule has 0 saturated carbocycles. The fourth-order valence-corrected chi connectivity index (χ4v) is 7.07. The second-order valence-electron chi connectivity index (χ2n) is 10.6. The molecule has 4 heteroatoms. The molecule has 0 bridgehead atoms. The molecule has 3 nitrogen and oxygen atoms in total. The first-order valence-corrected chi connectivity index (χ1v) is 14.9. The Morgan fingerprint density at radius 2 is 1.85 bits per heavy atom. The predicted octanol–water partition coefficient (Wildman–Crippen LogP) is 9.44. The lowest BCUT2D eigenvalue weighted by atomic mass is 9.95. The van der Waals surface area contributed by atoms with Crippen LogP contribution in [0.1, 0.15) is 29.7 Å². The smallest absolute Gasteiger partial charge is 0.160 e. The highest BCUT2D eigenvalue weighted by Gasteiger charge is 2.24. The molecule has 0 spiro atoms. The minimum absolute atomic E-state index is 0.786. The molecule has 0 unspecified atom stereocenters. The van der Waals surface area contributed by atoms with E-state index in [1.165, 1.54) is 26.8 Å². The van der Waals surface area contributed by atoms with E-state index in [-0.39, 0.29) is 0 Å². The normalized spacial score (nSPS) is 17.2. The summed E-state index contributed by atoms with van der Waals surface area (Å²) < 4.78 is 10.4. The van der Waals surface area contributed by atoms with Crippen molar-refractivity contribution in [2.75, 3.05) is 6.54 Å². The van der Waals surface area contributed by atoms with Crippen LogP contribution in [0.5, 0.6) is 5.75 Å². The molecule has 3 aliphatic rings. The van der Waals surface area contributed by atoms with Crippen molar-refractivity contribution in [2.24, 2.45) is 0 Å². The van der Waals surface area contributed by atoms with Gasteiger partial charge in [0.2, 0.25) is 0 Å². The highest BCUT2D eigenvalue weighted by Crippen LogP contribution is 2.42. The molecule has 0 saturated heterocycles. The zero-order valence-electron chi connectivity index (χ0n) is 22.6. The van der Waals surface area contributed by atoms with Crippen molar-refractivity contribution in [3.63, 3.8) is 0 Å². The summed E-state index contributed by atoms with van der Waals surface area (Å²) in [5.74, 6) is 1.78. The molecule has 5 aromatic rings. The number of hydrogen-bond donors (Lipinski definition) is 1. The third-order valence-corrected chi connectivity index (χ3v) is 9.12. The molecule has 0 amide bonds. The number of fused-ring (bicyclic) bond motifs is 4. The molecular formula is C37H28N2OS. The van der Waals surface area contributed by atoms with Crippen LogP contribution in [0.15, 0.2) is 132 Å². The summed E-state index contributed by atoms with van der Waals surface area (Å²) in [6.45, 7) is 5.15. The van der Waals surface area contributed by atoms with Crippen molar-refractivity contribution >= 4 is 49.7 Å². The van der Waals surface area contributed by atoms with E-state index in [0.29, 0.717) is 0 Å². The number of rotatable bonds is 3. The van der Waals surface area contributed by atoms with Crippen molar-refractivity contribution in [2.45, 2.75) is 12.8 Å². The maximum absolute atomic E-state index is 6.74. The van der Waals surface area contributed by atoms with E-state index in [2.05, 4.69) is 131 Å². The van der Waals surface area contributed by atoms with Gasteiger partial charge in [-0.3, -0.25) is 0 Å². The van der Waals surface area contributed by atoms with E-state index >= 15 is 0 Å². The van der Waals surface area contributed by atoms with Gasteiger partial charge in [0.15, 0.2) is 5.75 Å². The molecule has 8 rings (SSSR count). The lowest BCUT2D eigenvalue weighted by Crippen LogP contribution is -2.16. The zero-order chi connectivity index (χ0) is 27.3. The first kappa shape index (κ1) is 24.0. The van der Waals surface area contributed by atoms with Crippen molar-refractivity contribution in [3.8, 4) is 11.4 Å². The molecule has 3 aromatic carbocycles. The fraction of sp³-hybridized carbons (Fsp3) is 0.0811. The Morgan fingerprint density at radius 1 is 0.927 bits per heavy atom. The van der Waals surface area contributed by atoms with Gasteiger partial charge in [0.25, 0.3) is 0 Å². The van der Waals surface area contributed by atoms with Crippen LogP contribution in [0.2, 0.25) is 0 Å². The summed E-state index contributed by atoms with van der Waals surface area (Å²) in [6.07, 6.45) is 15.1. The number of aromatic nitrogens is 1. The number of thiophene rings is 1. The van der Waals surface area contributed by atoms with Gasteiger partial charge in [-0.05, 0) is 94.4 Å². The van der Waals surface area contributed by atoms with E-state index in [4.69, 9.17) is 4.74 Å². The minimum atomic E-state index is 0.786. The van der Waals surface area contributed by atoms with E-state index < -0.39 is 0 Å². The van der Waals surface area contributed by atoms with Gasteiger partial charge < -0.3 is 14.6 Å². The number of dihydropyridines is 1. The number of hydrogen-bond acceptors (Lipinski definition) is 3. The van der Waals surface area contributed by atoms with Gasteiger partial charge in [-0.15, -0.1) is 11.3 Å². The Bertz CT molecular complexity index is 2030. The lowest BCUT2D eigenvalue weighted by Gasteiger charge is -2.20. The molecule has 4 heterocycles. The molecule has 1 aliphatic carbocycles. The van der Waals surface area contributed by atoms with E-state index in [1.54, 1.807) is 11.3 Å². The maximum Gasteiger partial charge on any atom is 0.160 e. The number of ether oxygens (including phenoxy) is 1. The summed E-state index contributed by atoms with van der Waals surface area (Å²) in [4.78, 5) is 0. The average Bonchev–Trinajstić information content (AvgIpc) is 3.62. The second-order valence-corrected chi connectivity index (χ2v) is 11.5. The van der Waals surface area contributed by atoms with Gasteiger partial charge in [-0.25, -0.2) is 0 Å². The van der Waals surface area contributed by atoms with Gasteiger partial charge in [-0.2, -0.15) is 0 Å². The van der Waals surface area contributed by atoms with Crippen LogP contribution >= 0.6 is 11.3 Å². The quantitative estimate of drug-likeness (QED) is 0.243. The molecule has 0 radical (unpaired) electrons. The van der Waals surface area contributed by atoms with Crippen LogP contribution in [0, 0.1) is 0 Å². The lowest BCUT2D eigenvalue weighted by molar-refractivity contribution is 0.436. The Kier molecular flexibility index (Phi) is 5.68.